The zero-order chi connectivity index (χ0) is 15.0. The Balaban J connectivity index is 2.08. The highest BCUT2D eigenvalue weighted by molar-refractivity contribution is 5.84. The molecule has 0 fully saturated rings. The standard InChI is InChI=1S/C20H23N/c1-5-6-11-17(20(2,3)4)19-16-13-12-14-9-7-8-10-15(14)18(16)21-19/h5-11,21H,1,12-13H2,2-4H3/b11-6-,19-17+. The second-order valence-corrected chi connectivity index (χ2v) is 6.77. The van der Waals surface area contributed by atoms with Gasteiger partial charge in [0.1, 0.15) is 0 Å². The maximum Gasteiger partial charge on any atom is 0.0514 e. The summed E-state index contributed by atoms with van der Waals surface area (Å²) in [4.78, 5) is 0. The molecule has 0 amide bonds. The minimum Gasteiger partial charge on any atom is -0.354 e. The van der Waals surface area contributed by atoms with E-state index in [1.165, 1.54) is 33.7 Å². The first-order valence-electron chi connectivity index (χ1n) is 7.65. The van der Waals surface area contributed by atoms with E-state index in [-0.39, 0.29) is 5.41 Å². The summed E-state index contributed by atoms with van der Waals surface area (Å²) in [5.41, 5.74) is 8.47. The predicted molar refractivity (Wildman–Crippen MR) is 90.6 cm³/mol. The Kier molecular flexibility index (Phi) is 3.36. The van der Waals surface area contributed by atoms with Crippen LogP contribution >= 0.6 is 0 Å². The minimum absolute atomic E-state index is 0.122. The van der Waals surface area contributed by atoms with Gasteiger partial charge in [-0.3, -0.25) is 0 Å². The first-order valence-corrected chi connectivity index (χ1v) is 7.65. The van der Waals surface area contributed by atoms with E-state index in [4.69, 9.17) is 0 Å². The van der Waals surface area contributed by atoms with Gasteiger partial charge in [0.05, 0.1) is 5.70 Å². The number of aryl methyl sites for hydroxylation is 1. The van der Waals surface area contributed by atoms with Crippen molar-refractivity contribution >= 4 is 5.70 Å². The summed E-state index contributed by atoms with van der Waals surface area (Å²) in [5, 5.41) is 3.63. The molecule has 0 radical (unpaired) electrons. The van der Waals surface area contributed by atoms with Gasteiger partial charge in [0, 0.05) is 16.8 Å². The van der Waals surface area contributed by atoms with Crippen LogP contribution in [-0.2, 0) is 6.42 Å². The first-order chi connectivity index (χ1) is 10.0. The molecule has 0 spiro atoms. The SMILES string of the molecule is C=C/C=C\C(=C1/NC2=C1CCc1ccccc12)C(C)(C)C. The third-order valence-electron chi connectivity index (χ3n) is 4.26. The van der Waals surface area contributed by atoms with Gasteiger partial charge in [0.25, 0.3) is 0 Å². The average Bonchev–Trinajstić information content (AvgIpc) is 2.41. The van der Waals surface area contributed by atoms with Crippen LogP contribution in [0.25, 0.3) is 5.70 Å². The van der Waals surface area contributed by atoms with Crippen LogP contribution in [0.1, 0.15) is 38.3 Å². The van der Waals surface area contributed by atoms with E-state index in [1.807, 2.05) is 12.2 Å². The van der Waals surface area contributed by atoms with Crippen LogP contribution in [0.15, 0.2) is 65.9 Å². The number of fused-ring (bicyclic) bond motifs is 2. The lowest BCUT2D eigenvalue weighted by Crippen LogP contribution is -2.33. The van der Waals surface area contributed by atoms with E-state index in [9.17, 15) is 0 Å². The van der Waals surface area contributed by atoms with Crippen molar-refractivity contribution in [1.82, 2.24) is 5.32 Å². The van der Waals surface area contributed by atoms with Crippen LogP contribution in [0.4, 0.5) is 0 Å². The van der Waals surface area contributed by atoms with Crippen LogP contribution < -0.4 is 5.32 Å². The normalized spacial score (nSPS) is 19.6. The van der Waals surface area contributed by atoms with E-state index >= 15 is 0 Å². The smallest absolute Gasteiger partial charge is 0.0514 e. The van der Waals surface area contributed by atoms with Crippen molar-refractivity contribution in [3.05, 3.63) is 77.0 Å². The van der Waals surface area contributed by atoms with E-state index in [0.29, 0.717) is 0 Å². The number of benzene rings is 1. The van der Waals surface area contributed by atoms with Gasteiger partial charge in [-0.1, -0.05) is 69.8 Å². The summed E-state index contributed by atoms with van der Waals surface area (Å²) in [6, 6.07) is 8.72. The van der Waals surface area contributed by atoms with Gasteiger partial charge < -0.3 is 5.32 Å². The molecule has 1 heterocycles. The highest BCUT2D eigenvalue weighted by Crippen LogP contribution is 2.44. The molecule has 1 N–H and O–H groups in total. The lowest BCUT2D eigenvalue weighted by atomic mass is 9.76. The number of hydrogen-bond donors (Lipinski definition) is 1. The highest BCUT2D eigenvalue weighted by Gasteiger charge is 2.33. The summed E-state index contributed by atoms with van der Waals surface area (Å²) >= 11 is 0. The number of nitrogens with one attached hydrogen (secondary N) is 1. The molecule has 0 saturated carbocycles. The molecule has 108 valence electrons. The molecule has 21 heavy (non-hydrogen) atoms. The maximum absolute atomic E-state index is 3.79. The molecular weight excluding hydrogens is 254 g/mol. The quantitative estimate of drug-likeness (QED) is 0.751. The largest absolute Gasteiger partial charge is 0.354 e. The predicted octanol–water partition coefficient (Wildman–Crippen LogP) is 4.99. The molecule has 1 heteroatoms. The minimum atomic E-state index is 0.122. The van der Waals surface area contributed by atoms with Gasteiger partial charge in [-0.15, -0.1) is 0 Å². The molecule has 1 nitrogen and oxygen atoms in total. The van der Waals surface area contributed by atoms with E-state index in [2.05, 4.69) is 63.0 Å². The molecule has 0 saturated heterocycles. The fraction of sp³-hybridized carbons (Fsp3) is 0.300. The van der Waals surface area contributed by atoms with E-state index in [1.54, 1.807) is 0 Å². The topological polar surface area (TPSA) is 12.0 Å². The first kappa shape index (κ1) is 13.9. The lowest BCUT2D eigenvalue weighted by molar-refractivity contribution is 0.506. The van der Waals surface area contributed by atoms with Crippen LogP contribution in [0.5, 0.6) is 0 Å². The Morgan fingerprint density at radius 1 is 1.19 bits per heavy atom. The van der Waals surface area contributed by atoms with Crippen molar-refractivity contribution < 1.29 is 0 Å². The van der Waals surface area contributed by atoms with E-state index < -0.39 is 0 Å². The summed E-state index contributed by atoms with van der Waals surface area (Å²) in [5.74, 6) is 0. The van der Waals surface area contributed by atoms with Crippen molar-refractivity contribution in [3.63, 3.8) is 0 Å². The number of allylic oxidation sites excluding steroid dienone is 5. The monoisotopic (exact) mass is 277 g/mol. The van der Waals surface area contributed by atoms with Crippen LogP contribution in [0.2, 0.25) is 0 Å². The Hall–Kier alpha value is -2.02. The van der Waals surface area contributed by atoms with Crippen molar-refractivity contribution in [2.24, 2.45) is 5.41 Å². The molecule has 0 unspecified atom stereocenters. The second kappa shape index (κ2) is 5.07. The molecule has 0 bridgehead atoms. The molecule has 1 aliphatic heterocycles. The van der Waals surface area contributed by atoms with Crippen LogP contribution in [0, 0.1) is 5.41 Å². The summed E-state index contributed by atoms with van der Waals surface area (Å²) in [6.45, 7) is 10.6. The summed E-state index contributed by atoms with van der Waals surface area (Å²) in [7, 11) is 0. The number of rotatable bonds is 2. The molecule has 1 aromatic carbocycles. The van der Waals surface area contributed by atoms with Crippen molar-refractivity contribution in [2.45, 2.75) is 33.6 Å². The van der Waals surface area contributed by atoms with E-state index in [0.717, 1.165) is 12.8 Å². The Bertz CT molecular complexity index is 678. The molecular formula is C20H23N. The molecule has 0 atom stereocenters. The molecule has 1 aliphatic carbocycles. The number of hydrogen-bond acceptors (Lipinski definition) is 1. The average molecular weight is 277 g/mol. The van der Waals surface area contributed by atoms with Crippen LogP contribution in [-0.4, -0.2) is 0 Å². The van der Waals surface area contributed by atoms with Gasteiger partial charge in [-0.2, -0.15) is 0 Å². The Morgan fingerprint density at radius 2 is 1.95 bits per heavy atom. The van der Waals surface area contributed by atoms with Gasteiger partial charge in [0.15, 0.2) is 0 Å². The van der Waals surface area contributed by atoms with Crippen molar-refractivity contribution in [1.29, 1.82) is 0 Å². The third kappa shape index (κ3) is 2.37. The highest BCUT2D eigenvalue weighted by atomic mass is 15.0. The molecule has 3 rings (SSSR count). The molecule has 0 aromatic heterocycles. The van der Waals surface area contributed by atoms with Gasteiger partial charge in [-0.25, -0.2) is 0 Å². The third-order valence-corrected chi connectivity index (χ3v) is 4.26. The molecule has 2 aliphatic rings. The molecule has 1 aromatic rings. The zero-order valence-electron chi connectivity index (χ0n) is 13.2. The van der Waals surface area contributed by atoms with Gasteiger partial charge in [-0.05, 0) is 29.4 Å². The zero-order valence-corrected chi connectivity index (χ0v) is 13.2. The lowest BCUT2D eigenvalue weighted by Gasteiger charge is -2.38. The van der Waals surface area contributed by atoms with Crippen LogP contribution in [0.3, 0.4) is 0 Å². The second-order valence-electron chi connectivity index (χ2n) is 6.77. The van der Waals surface area contributed by atoms with Crippen molar-refractivity contribution in [2.75, 3.05) is 0 Å². The maximum atomic E-state index is 3.79. The fourth-order valence-electron chi connectivity index (χ4n) is 3.16. The van der Waals surface area contributed by atoms with Gasteiger partial charge in [0.2, 0.25) is 0 Å². The summed E-state index contributed by atoms with van der Waals surface area (Å²) < 4.78 is 0. The van der Waals surface area contributed by atoms with Crippen molar-refractivity contribution in [3.8, 4) is 0 Å². The Morgan fingerprint density at radius 3 is 2.67 bits per heavy atom. The van der Waals surface area contributed by atoms with Gasteiger partial charge >= 0.3 is 0 Å². The fourth-order valence-corrected chi connectivity index (χ4v) is 3.16. The Labute approximate surface area is 127 Å². The summed E-state index contributed by atoms with van der Waals surface area (Å²) in [6.07, 6.45) is 8.35.